The molecule has 1 aliphatic rings. The van der Waals surface area contributed by atoms with E-state index in [0.29, 0.717) is 6.42 Å². The fraction of sp³-hybridized carbons (Fsp3) is 0.273. The molecule has 0 radical (unpaired) electrons. The van der Waals surface area contributed by atoms with E-state index in [1.165, 1.54) is 5.01 Å². The number of hydrazone groups is 1. The Morgan fingerprint density at radius 2 is 2.07 bits per heavy atom. The highest BCUT2D eigenvalue weighted by atomic mass is 16.2. The van der Waals surface area contributed by atoms with E-state index in [0.717, 1.165) is 5.56 Å². The van der Waals surface area contributed by atoms with Crippen LogP contribution in [-0.2, 0) is 4.79 Å². The lowest BCUT2D eigenvalue weighted by molar-refractivity contribution is -0.130. The summed E-state index contributed by atoms with van der Waals surface area (Å²) >= 11 is 0. The molecule has 1 aliphatic heterocycles. The minimum atomic E-state index is 0.0300. The van der Waals surface area contributed by atoms with Gasteiger partial charge in [-0.1, -0.05) is 30.3 Å². The van der Waals surface area contributed by atoms with Crippen LogP contribution in [0.2, 0.25) is 0 Å². The quantitative estimate of drug-likeness (QED) is 0.698. The van der Waals surface area contributed by atoms with Gasteiger partial charge in [-0.25, -0.2) is 5.01 Å². The van der Waals surface area contributed by atoms with Gasteiger partial charge in [-0.3, -0.25) is 4.79 Å². The predicted molar refractivity (Wildman–Crippen MR) is 54.8 cm³/mol. The first kappa shape index (κ1) is 8.94. The maximum atomic E-state index is 11.4. The Morgan fingerprint density at radius 3 is 2.64 bits per heavy atom. The number of carbonyl (C=O) groups is 1. The summed E-state index contributed by atoms with van der Waals surface area (Å²) in [5, 5.41) is 5.59. The number of hydrogen-bond acceptors (Lipinski definition) is 2. The molecule has 1 heterocycles. The van der Waals surface area contributed by atoms with Gasteiger partial charge in [0.2, 0.25) is 5.91 Å². The summed E-state index contributed by atoms with van der Waals surface area (Å²) in [5.74, 6) is 0.0707. The molecule has 2 rings (SSSR count). The standard InChI is InChI=1S/C11H12N2O/c1-9(10-5-3-2-4-6-10)13-11(14)7-8-12-13/h2-6,8-9H,7H2,1H3. The lowest BCUT2D eigenvalue weighted by Crippen LogP contribution is -2.24. The Morgan fingerprint density at radius 1 is 1.36 bits per heavy atom. The second kappa shape index (κ2) is 3.62. The highest BCUT2D eigenvalue weighted by Gasteiger charge is 2.23. The molecule has 0 saturated carbocycles. The molecule has 0 aliphatic carbocycles. The predicted octanol–water partition coefficient (Wildman–Crippen LogP) is 1.97. The van der Waals surface area contributed by atoms with Crippen LogP contribution in [0.5, 0.6) is 0 Å². The van der Waals surface area contributed by atoms with Crippen LogP contribution in [0.15, 0.2) is 35.4 Å². The van der Waals surface area contributed by atoms with E-state index in [9.17, 15) is 4.79 Å². The maximum absolute atomic E-state index is 11.4. The molecule has 1 unspecified atom stereocenters. The van der Waals surface area contributed by atoms with Gasteiger partial charge in [0.1, 0.15) is 0 Å². The first-order chi connectivity index (χ1) is 6.79. The Balaban J connectivity index is 2.20. The van der Waals surface area contributed by atoms with Crippen LogP contribution in [0.4, 0.5) is 0 Å². The van der Waals surface area contributed by atoms with E-state index in [-0.39, 0.29) is 11.9 Å². The lowest BCUT2D eigenvalue weighted by atomic mass is 10.1. The van der Waals surface area contributed by atoms with E-state index in [1.807, 2.05) is 37.3 Å². The fourth-order valence-corrected chi connectivity index (χ4v) is 1.55. The van der Waals surface area contributed by atoms with Crippen molar-refractivity contribution < 1.29 is 4.79 Å². The van der Waals surface area contributed by atoms with Crippen LogP contribution in [0.3, 0.4) is 0 Å². The van der Waals surface area contributed by atoms with Gasteiger partial charge in [0.15, 0.2) is 0 Å². The number of hydrogen-bond donors (Lipinski definition) is 0. The minimum Gasteiger partial charge on any atom is -0.273 e. The topological polar surface area (TPSA) is 32.7 Å². The third kappa shape index (κ3) is 1.53. The highest BCUT2D eigenvalue weighted by Crippen LogP contribution is 2.22. The summed E-state index contributed by atoms with van der Waals surface area (Å²) in [6.45, 7) is 1.98. The maximum Gasteiger partial charge on any atom is 0.248 e. The smallest absolute Gasteiger partial charge is 0.248 e. The molecule has 0 fully saturated rings. The molecule has 0 N–H and O–H groups in total. The number of carbonyl (C=O) groups excluding carboxylic acids is 1. The second-order valence-electron chi connectivity index (χ2n) is 3.33. The van der Waals surface area contributed by atoms with E-state index in [2.05, 4.69) is 5.10 Å². The molecule has 1 aromatic carbocycles. The number of rotatable bonds is 2. The van der Waals surface area contributed by atoms with Gasteiger partial charge in [0.25, 0.3) is 0 Å². The van der Waals surface area contributed by atoms with E-state index in [4.69, 9.17) is 0 Å². The summed E-state index contributed by atoms with van der Waals surface area (Å²) < 4.78 is 0. The first-order valence-corrected chi connectivity index (χ1v) is 4.68. The van der Waals surface area contributed by atoms with Crippen molar-refractivity contribution in [2.45, 2.75) is 19.4 Å². The second-order valence-corrected chi connectivity index (χ2v) is 3.33. The molecule has 1 aromatic rings. The van der Waals surface area contributed by atoms with Crippen molar-refractivity contribution in [1.29, 1.82) is 0 Å². The van der Waals surface area contributed by atoms with Crippen molar-refractivity contribution >= 4 is 12.1 Å². The zero-order valence-electron chi connectivity index (χ0n) is 8.05. The lowest BCUT2D eigenvalue weighted by Gasteiger charge is -2.20. The average molecular weight is 188 g/mol. The molecule has 3 heteroatoms. The molecular weight excluding hydrogens is 176 g/mol. The number of nitrogens with zero attached hydrogens (tertiary/aromatic N) is 2. The largest absolute Gasteiger partial charge is 0.273 e. The molecule has 0 saturated heterocycles. The van der Waals surface area contributed by atoms with E-state index >= 15 is 0 Å². The van der Waals surface area contributed by atoms with Crippen LogP contribution >= 0.6 is 0 Å². The van der Waals surface area contributed by atoms with Crippen molar-refractivity contribution in [3.63, 3.8) is 0 Å². The van der Waals surface area contributed by atoms with Gasteiger partial charge < -0.3 is 0 Å². The van der Waals surface area contributed by atoms with Crippen LogP contribution in [0, 0.1) is 0 Å². The SMILES string of the molecule is CC(c1ccccc1)N1N=CCC1=O. The molecule has 0 spiro atoms. The number of benzene rings is 1. The summed E-state index contributed by atoms with van der Waals surface area (Å²) in [7, 11) is 0. The fourth-order valence-electron chi connectivity index (χ4n) is 1.55. The van der Waals surface area contributed by atoms with E-state index < -0.39 is 0 Å². The van der Waals surface area contributed by atoms with Gasteiger partial charge in [-0.15, -0.1) is 0 Å². The zero-order chi connectivity index (χ0) is 9.97. The van der Waals surface area contributed by atoms with Gasteiger partial charge in [0, 0.05) is 6.21 Å². The van der Waals surface area contributed by atoms with E-state index in [1.54, 1.807) is 6.21 Å². The Bertz CT molecular complexity index is 359. The Labute approximate surface area is 83.0 Å². The average Bonchev–Trinajstić information content (AvgIpc) is 2.65. The van der Waals surface area contributed by atoms with Gasteiger partial charge in [-0.05, 0) is 12.5 Å². The van der Waals surface area contributed by atoms with Crippen molar-refractivity contribution in [1.82, 2.24) is 5.01 Å². The van der Waals surface area contributed by atoms with Crippen molar-refractivity contribution in [3.8, 4) is 0 Å². The van der Waals surface area contributed by atoms with Crippen LogP contribution in [0.1, 0.15) is 24.9 Å². The van der Waals surface area contributed by atoms with Crippen LogP contribution in [-0.4, -0.2) is 17.1 Å². The Hall–Kier alpha value is -1.64. The first-order valence-electron chi connectivity index (χ1n) is 4.68. The van der Waals surface area contributed by atoms with Gasteiger partial charge in [-0.2, -0.15) is 5.10 Å². The summed E-state index contributed by atoms with van der Waals surface area (Å²) in [5.41, 5.74) is 1.11. The van der Waals surface area contributed by atoms with Crippen LogP contribution in [0.25, 0.3) is 0 Å². The molecule has 3 nitrogen and oxygen atoms in total. The van der Waals surface area contributed by atoms with Crippen molar-refractivity contribution in [2.24, 2.45) is 5.10 Å². The summed E-state index contributed by atoms with van der Waals surface area (Å²) in [6.07, 6.45) is 2.08. The monoisotopic (exact) mass is 188 g/mol. The third-order valence-corrected chi connectivity index (χ3v) is 2.38. The molecule has 1 atom stereocenters. The Kier molecular flexibility index (Phi) is 2.31. The summed E-state index contributed by atoms with van der Waals surface area (Å²) in [6, 6.07) is 9.94. The molecule has 72 valence electrons. The van der Waals surface area contributed by atoms with Crippen molar-refractivity contribution in [2.75, 3.05) is 0 Å². The van der Waals surface area contributed by atoms with Crippen LogP contribution < -0.4 is 0 Å². The normalized spacial score (nSPS) is 17.5. The van der Waals surface area contributed by atoms with Crippen molar-refractivity contribution in [3.05, 3.63) is 35.9 Å². The third-order valence-electron chi connectivity index (χ3n) is 2.38. The molecule has 1 amide bonds. The highest BCUT2D eigenvalue weighted by molar-refractivity contribution is 5.94. The molecular formula is C11H12N2O. The molecule has 14 heavy (non-hydrogen) atoms. The summed E-state index contributed by atoms with van der Waals surface area (Å²) in [4.78, 5) is 11.4. The molecule has 0 bridgehead atoms. The molecule has 0 aromatic heterocycles. The van der Waals surface area contributed by atoms with Gasteiger partial charge in [0.05, 0.1) is 12.5 Å². The number of amides is 1. The van der Waals surface area contributed by atoms with Gasteiger partial charge >= 0.3 is 0 Å². The zero-order valence-corrected chi connectivity index (χ0v) is 8.05. The minimum absolute atomic E-state index is 0.0300.